The Bertz CT molecular complexity index is 201. The first-order valence-corrected chi connectivity index (χ1v) is 5.84. The molecular formula is C11H22N2O2. The third kappa shape index (κ3) is 3.80. The van der Waals surface area contributed by atoms with E-state index in [0.717, 1.165) is 25.8 Å². The molecule has 4 nitrogen and oxygen atoms in total. The Morgan fingerprint density at radius 2 is 2.07 bits per heavy atom. The Balaban J connectivity index is 2.25. The highest BCUT2D eigenvalue weighted by Crippen LogP contribution is 2.17. The number of ether oxygens (including phenoxy) is 1. The van der Waals surface area contributed by atoms with Crippen molar-refractivity contribution in [1.82, 2.24) is 5.32 Å². The maximum Gasteiger partial charge on any atom is 0.240 e. The van der Waals surface area contributed by atoms with Crippen molar-refractivity contribution in [2.45, 2.75) is 44.6 Å². The van der Waals surface area contributed by atoms with E-state index >= 15 is 0 Å². The number of rotatable bonds is 5. The van der Waals surface area contributed by atoms with E-state index in [2.05, 4.69) is 12.2 Å². The zero-order valence-electron chi connectivity index (χ0n) is 9.55. The molecule has 0 atom stereocenters. The fraction of sp³-hybridized carbons (Fsp3) is 0.909. The minimum atomic E-state index is -0.690. The maximum absolute atomic E-state index is 11.8. The Morgan fingerprint density at radius 3 is 2.67 bits per heavy atom. The smallest absolute Gasteiger partial charge is 0.240 e. The zero-order chi connectivity index (χ0) is 11.1. The molecule has 88 valence electrons. The summed E-state index contributed by atoms with van der Waals surface area (Å²) in [6.45, 7) is 4.08. The van der Waals surface area contributed by atoms with Crippen LogP contribution in [0.1, 0.15) is 39.0 Å². The van der Waals surface area contributed by atoms with Crippen molar-refractivity contribution in [2.75, 3.05) is 19.8 Å². The minimum Gasteiger partial charge on any atom is -0.381 e. The topological polar surface area (TPSA) is 64.4 Å². The van der Waals surface area contributed by atoms with E-state index in [0.29, 0.717) is 26.1 Å². The molecule has 1 aliphatic rings. The maximum atomic E-state index is 11.8. The quantitative estimate of drug-likeness (QED) is 0.665. The fourth-order valence-electron chi connectivity index (χ4n) is 1.72. The van der Waals surface area contributed by atoms with Crippen molar-refractivity contribution >= 4 is 5.91 Å². The van der Waals surface area contributed by atoms with Gasteiger partial charge < -0.3 is 15.8 Å². The van der Waals surface area contributed by atoms with E-state index in [1.807, 2.05) is 0 Å². The lowest BCUT2D eigenvalue weighted by atomic mass is 9.90. The van der Waals surface area contributed by atoms with Crippen LogP contribution in [0.15, 0.2) is 0 Å². The monoisotopic (exact) mass is 214 g/mol. The van der Waals surface area contributed by atoms with Gasteiger partial charge in [-0.1, -0.05) is 19.8 Å². The van der Waals surface area contributed by atoms with Gasteiger partial charge in [-0.2, -0.15) is 0 Å². The van der Waals surface area contributed by atoms with Crippen LogP contribution in [0.4, 0.5) is 0 Å². The molecule has 0 spiro atoms. The molecule has 0 bridgehead atoms. The Labute approximate surface area is 91.5 Å². The van der Waals surface area contributed by atoms with Crippen molar-refractivity contribution in [3.63, 3.8) is 0 Å². The predicted octanol–water partition coefficient (Wildman–Crippen LogP) is 0.801. The van der Waals surface area contributed by atoms with E-state index in [1.54, 1.807) is 0 Å². The molecule has 1 saturated heterocycles. The molecular weight excluding hydrogens is 192 g/mol. The summed E-state index contributed by atoms with van der Waals surface area (Å²) in [6.07, 6.45) is 4.62. The highest BCUT2D eigenvalue weighted by Gasteiger charge is 2.35. The standard InChI is InChI=1S/C11H22N2O2/c1-2-3-4-7-13-10(14)11(12)5-8-15-9-6-11/h2-9,12H2,1H3,(H,13,14). The summed E-state index contributed by atoms with van der Waals surface area (Å²) in [5, 5.41) is 2.91. The Hall–Kier alpha value is -0.610. The molecule has 0 saturated carbocycles. The Kier molecular flexibility index (Phi) is 5.05. The summed E-state index contributed by atoms with van der Waals surface area (Å²) in [5.41, 5.74) is 5.34. The van der Waals surface area contributed by atoms with E-state index in [-0.39, 0.29) is 5.91 Å². The van der Waals surface area contributed by atoms with Crippen LogP contribution >= 0.6 is 0 Å². The van der Waals surface area contributed by atoms with E-state index in [9.17, 15) is 4.79 Å². The summed E-state index contributed by atoms with van der Waals surface area (Å²) < 4.78 is 5.20. The van der Waals surface area contributed by atoms with Gasteiger partial charge in [0.15, 0.2) is 0 Å². The molecule has 1 rings (SSSR count). The van der Waals surface area contributed by atoms with Gasteiger partial charge in [0.25, 0.3) is 0 Å². The first-order valence-electron chi connectivity index (χ1n) is 5.84. The number of nitrogens with two attached hydrogens (primary N) is 1. The number of hydrogen-bond acceptors (Lipinski definition) is 3. The minimum absolute atomic E-state index is 0.0121. The van der Waals surface area contributed by atoms with Gasteiger partial charge in [-0.25, -0.2) is 0 Å². The molecule has 1 heterocycles. The molecule has 0 radical (unpaired) electrons. The molecule has 0 aliphatic carbocycles. The van der Waals surface area contributed by atoms with Gasteiger partial charge in [0, 0.05) is 19.8 Å². The SMILES string of the molecule is CCCCCNC(=O)C1(N)CCOCC1. The molecule has 15 heavy (non-hydrogen) atoms. The van der Waals surface area contributed by atoms with Crippen LogP contribution in [0.5, 0.6) is 0 Å². The second-order valence-electron chi connectivity index (χ2n) is 4.23. The van der Waals surface area contributed by atoms with Crippen molar-refractivity contribution in [3.8, 4) is 0 Å². The molecule has 0 aromatic carbocycles. The lowest BCUT2D eigenvalue weighted by Gasteiger charge is -2.31. The van der Waals surface area contributed by atoms with Crippen molar-refractivity contribution < 1.29 is 9.53 Å². The van der Waals surface area contributed by atoms with E-state index in [1.165, 1.54) is 0 Å². The van der Waals surface area contributed by atoms with Gasteiger partial charge in [-0.3, -0.25) is 4.79 Å². The van der Waals surface area contributed by atoms with Crippen molar-refractivity contribution in [1.29, 1.82) is 0 Å². The van der Waals surface area contributed by atoms with E-state index < -0.39 is 5.54 Å². The van der Waals surface area contributed by atoms with Crippen LogP contribution in [0.25, 0.3) is 0 Å². The number of amides is 1. The Morgan fingerprint density at radius 1 is 1.40 bits per heavy atom. The third-order valence-corrected chi connectivity index (χ3v) is 2.90. The first-order chi connectivity index (χ1) is 7.19. The number of carbonyl (C=O) groups is 1. The largest absolute Gasteiger partial charge is 0.381 e. The van der Waals surface area contributed by atoms with Crippen LogP contribution in [-0.4, -0.2) is 31.2 Å². The molecule has 1 aliphatic heterocycles. The van der Waals surface area contributed by atoms with Gasteiger partial charge >= 0.3 is 0 Å². The van der Waals surface area contributed by atoms with Crippen molar-refractivity contribution in [2.24, 2.45) is 5.73 Å². The average Bonchev–Trinajstić information content (AvgIpc) is 2.25. The van der Waals surface area contributed by atoms with Crippen LogP contribution in [0, 0.1) is 0 Å². The lowest BCUT2D eigenvalue weighted by molar-refractivity contribution is -0.129. The number of carbonyl (C=O) groups excluding carboxylic acids is 1. The van der Waals surface area contributed by atoms with Gasteiger partial charge in [-0.05, 0) is 19.3 Å². The van der Waals surface area contributed by atoms with E-state index in [4.69, 9.17) is 10.5 Å². The molecule has 0 unspecified atom stereocenters. The van der Waals surface area contributed by atoms with Gasteiger partial charge in [-0.15, -0.1) is 0 Å². The molecule has 4 heteroatoms. The van der Waals surface area contributed by atoms with Crippen LogP contribution in [-0.2, 0) is 9.53 Å². The summed E-state index contributed by atoms with van der Waals surface area (Å²) in [6, 6.07) is 0. The molecule has 1 amide bonds. The molecule has 1 fully saturated rings. The van der Waals surface area contributed by atoms with Crippen LogP contribution in [0.2, 0.25) is 0 Å². The summed E-state index contributed by atoms with van der Waals surface area (Å²) >= 11 is 0. The first kappa shape index (κ1) is 12.5. The second kappa shape index (κ2) is 6.08. The third-order valence-electron chi connectivity index (χ3n) is 2.90. The summed E-state index contributed by atoms with van der Waals surface area (Å²) in [5.74, 6) is -0.0121. The van der Waals surface area contributed by atoms with Crippen LogP contribution in [0.3, 0.4) is 0 Å². The second-order valence-corrected chi connectivity index (χ2v) is 4.23. The highest BCUT2D eigenvalue weighted by molar-refractivity contribution is 5.86. The van der Waals surface area contributed by atoms with Crippen LogP contribution < -0.4 is 11.1 Å². The summed E-state index contributed by atoms with van der Waals surface area (Å²) in [4.78, 5) is 11.8. The zero-order valence-corrected chi connectivity index (χ0v) is 9.55. The molecule has 3 N–H and O–H groups in total. The van der Waals surface area contributed by atoms with Gasteiger partial charge in [0.05, 0.1) is 5.54 Å². The molecule has 0 aromatic heterocycles. The lowest BCUT2D eigenvalue weighted by Crippen LogP contribution is -2.57. The predicted molar refractivity (Wildman–Crippen MR) is 59.5 cm³/mol. The van der Waals surface area contributed by atoms with Gasteiger partial charge in [0.2, 0.25) is 5.91 Å². The molecule has 0 aromatic rings. The van der Waals surface area contributed by atoms with Crippen molar-refractivity contribution in [3.05, 3.63) is 0 Å². The average molecular weight is 214 g/mol. The summed E-state index contributed by atoms with van der Waals surface area (Å²) in [7, 11) is 0. The van der Waals surface area contributed by atoms with Gasteiger partial charge in [0.1, 0.15) is 0 Å². The number of nitrogens with one attached hydrogen (secondary N) is 1. The number of hydrogen-bond donors (Lipinski definition) is 2. The number of unbranched alkanes of at least 4 members (excludes halogenated alkanes) is 2. The fourth-order valence-corrected chi connectivity index (χ4v) is 1.72. The normalized spacial score (nSPS) is 19.9. The highest BCUT2D eigenvalue weighted by atomic mass is 16.5.